The van der Waals surface area contributed by atoms with E-state index in [1.807, 2.05) is 0 Å². The van der Waals surface area contributed by atoms with Crippen molar-refractivity contribution in [2.24, 2.45) is 0 Å². The van der Waals surface area contributed by atoms with Crippen molar-refractivity contribution in [3.63, 3.8) is 0 Å². The Kier molecular flexibility index (Phi) is 10.4. The van der Waals surface area contributed by atoms with Gasteiger partial charge in [0.25, 0.3) is 0 Å². The largest absolute Gasteiger partial charge is 0.507 e. The number of Topliss-reactive ketones (excluding diaryl/α,β-unsaturated/α-hetero) is 4. The number of phenolic OH excluding ortho intramolecular Hbond substituents is 2. The van der Waals surface area contributed by atoms with Crippen LogP contribution in [0.2, 0.25) is 0 Å². The summed E-state index contributed by atoms with van der Waals surface area (Å²) in [6.07, 6.45) is -11.9. The minimum absolute atomic E-state index is 0.211. The number of methoxy groups -OCH3 is 1. The molecule has 2 aromatic rings. The summed E-state index contributed by atoms with van der Waals surface area (Å²) in [6, 6.07) is 7.30. The Bertz CT molecular complexity index is 2150. The van der Waals surface area contributed by atoms with E-state index in [9.17, 15) is 54.9 Å². The standard InChI is InChI=1S/C39H40O18S/c1-16-38(51)32(47)27-20(6-4-8-22(27)40)30(45)36(38,14-18(55-16)10-11-54-35-29(44)24(42)13-25(57-35)34(49)50)58-37-15-19(12-26(43)53-3)56-17(2)39(37,52)33(48)28-21(31(37)46)7-5-9-23(28)41/h4-9,13,16-19,24,29,35,40-42,44,51-52H,10-12,14-15H2,1-3H3,(H,49,50). The molecular formula is C39H40O18S. The monoisotopic (exact) mass is 828 g/mol. The van der Waals surface area contributed by atoms with E-state index in [1.165, 1.54) is 38.1 Å². The van der Waals surface area contributed by atoms with Crippen molar-refractivity contribution in [1.82, 2.24) is 0 Å². The molecule has 3 aliphatic heterocycles. The molecule has 0 radical (unpaired) electrons. The third kappa shape index (κ3) is 5.81. The van der Waals surface area contributed by atoms with Gasteiger partial charge < -0.3 is 59.4 Å². The molecule has 0 aromatic heterocycles. The number of ketones is 4. The first-order valence-corrected chi connectivity index (χ1v) is 19.1. The molecule has 7 rings (SSSR count). The minimum atomic E-state index is -2.93. The number of fused-ring (bicyclic) bond motifs is 4. The van der Waals surface area contributed by atoms with E-state index in [0.717, 1.165) is 25.3 Å². The summed E-state index contributed by atoms with van der Waals surface area (Å²) in [4.78, 5) is 84.0. The Morgan fingerprint density at radius 2 is 1.31 bits per heavy atom. The lowest BCUT2D eigenvalue weighted by Crippen LogP contribution is -2.79. The zero-order valence-corrected chi connectivity index (χ0v) is 32.0. The van der Waals surface area contributed by atoms with Crippen molar-refractivity contribution < 1.29 is 88.2 Å². The number of carboxylic acid groups (broad SMARTS) is 1. The Hall–Kier alpha value is -4.73. The number of aromatic hydroxyl groups is 2. The van der Waals surface area contributed by atoms with E-state index in [4.69, 9.17) is 23.7 Å². The van der Waals surface area contributed by atoms with Gasteiger partial charge in [-0.25, -0.2) is 4.79 Å². The molecule has 2 fully saturated rings. The highest BCUT2D eigenvalue weighted by molar-refractivity contribution is 8.03. The molecule has 0 spiro atoms. The quantitative estimate of drug-likeness (QED) is 0.170. The summed E-state index contributed by atoms with van der Waals surface area (Å²) >= 11 is 0.353. The van der Waals surface area contributed by atoms with Crippen LogP contribution in [0.5, 0.6) is 11.5 Å². The van der Waals surface area contributed by atoms with Crippen molar-refractivity contribution in [3.05, 3.63) is 70.5 Å². The van der Waals surface area contributed by atoms with Gasteiger partial charge in [-0.2, -0.15) is 0 Å². The number of ether oxygens (including phenoxy) is 5. The topological polar surface area (TPSA) is 290 Å². The Morgan fingerprint density at radius 3 is 1.81 bits per heavy atom. The van der Waals surface area contributed by atoms with E-state index in [2.05, 4.69) is 0 Å². The summed E-state index contributed by atoms with van der Waals surface area (Å²) in [5.41, 5.74) is -7.62. The molecule has 19 heteroatoms. The number of aliphatic carboxylic acids is 1. The molecule has 11 atom stereocenters. The van der Waals surface area contributed by atoms with Gasteiger partial charge in [0.05, 0.1) is 55.7 Å². The first-order valence-electron chi connectivity index (χ1n) is 18.2. The molecule has 2 aliphatic carbocycles. The summed E-state index contributed by atoms with van der Waals surface area (Å²) < 4.78 is 22.7. The number of carbonyl (C=O) groups is 6. The van der Waals surface area contributed by atoms with Crippen LogP contribution in [0.4, 0.5) is 0 Å². The van der Waals surface area contributed by atoms with Gasteiger partial charge in [-0.15, -0.1) is 11.8 Å². The second-order valence-corrected chi connectivity index (χ2v) is 16.6. The molecule has 3 heterocycles. The number of esters is 1. The van der Waals surface area contributed by atoms with Crippen LogP contribution in [0.25, 0.3) is 0 Å². The molecular weight excluding hydrogens is 788 g/mol. The van der Waals surface area contributed by atoms with Crippen molar-refractivity contribution in [2.75, 3.05) is 13.7 Å². The molecule has 0 bridgehead atoms. The smallest absolute Gasteiger partial charge is 0.371 e. The maximum absolute atomic E-state index is 15.3. The molecule has 5 aliphatic rings. The van der Waals surface area contributed by atoms with Crippen LogP contribution in [0.1, 0.15) is 81.0 Å². The van der Waals surface area contributed by atoms with Gasteiger partial charge in [0, 0.05) is 11.1 Å². The van der Waals surface area contributed by atoms with Crippen LogP contribution >= 0.6 is 11.8 Å². The molecule has 7 N–H and O–H groups in total. The number of carbonyl (C=O) groups excluding carboxylic acids is 5. The fourth-order valence-electron chi connectivity index (χ4n) is 8.91. The molecule has 2 aromatic carbocycles. The van der Waals surface area contributed by atoms with Gasteiger partial charge >= 0.3 is 11.9 Å². The lowest BCUT2D eigenvalue weighted by molar-refractivity contribution is -0.214. The van der Waals surface area contributed by atoms with Gasteiger partial charge in [0.15, 0.2) is 22.8 Å². The summed E-state index contributed by atoms with van der Waals surface area (Å²) in [5.74, 6) is -8.62. The zero-order valence-electron chi connectivity index (χ0n) is 31.1. The number of benzene rings is 2. The van der Waals surface area contributed by atoms with E-state index >= 15 is 9.59 Å². The highest BCUT2D eigenvalue weighted by atomic mass is 32.2. The summed E-state index contributed by atoms with van der Waals surface area (Å²) in [7, 11) is 1.11. The molecule has 11 unspecified atom stereocenters. The average Bonchev–Trinajstić information content (AvgIpc) is 3.17. The maximum atomic E-state index is 15.3. The van der Waals surface area contributed by atoms with Crippen molar-refractivity contribution in [3.8, 4) is 11.5 Å². The third-order valence-corrected chi connectivity index (χ3v) is 13.8. The van der Waals surface area contributed by atoms with Gasteiger partial charge in [-0.3, -0.25) is 24.0 Å². The van der Waals surface area contributed by atoms with E-state index in [0.29, 0.717) is 11.8 Å². The van der Waals surface area contributed by atoms with Gasteiger partial charge in [0.2, 0.25) is 23.6 Å². The second-order valence-electron chi connectivity index (χ2n) is 15.0. The number of hydrogen-bond acceptors (Lipinski definition) is 18. The van der Waals surface area contributed by atoms with Crippen LogP contribution in [0.3, 0.4) is 0 Å². The number of hydrogen-bond donors (Lipinski definition) is 7. The van der Waals surface area contributed by atoms with Gasteiger partial charge in [0.1, 0.15) is 33.2 Å². The number of rotatable bonds is 9. The van der Waals surface area contributed by atoms with Gasteiger partial charge in [-0.1, -0.05) is 24.3 Å². The third-order valence-electron chi connectivity index (χ3n) is 11.8. The molecule has 18 nitrogen and oxygen atoms in total. The highest BCUT2D eigenvalue weighted by Crippen LogP contribution is 2.64. The van der Waals surface area contributed by atoms with Crippen LogP contribution in [-0.4, -0.2) is 148 Å². The first kappa shape index (κ1) is 41.4. The molecule has 2 saturated heterocycles. The van der Waals surface area contributed by atoms with Crippen molar-refractivity contribution >= 4 is 46.8 Å². The first-order chi connectivity index (χ1) is 27.3. The molecule has 0 amide bonds. The predicted octanol–water partition coefficient (Wildman–Crippen LogP) is 0.600. The van der Waals surface area contributed by atoms with Crippen molar-refractivity contribution in [1.29, 1.82) is 0 Å². The SMILES string of the molecule is COC(=O)CC1CC2(SC34CC(CCOC5OC(C(=O)O)=CC(O)C5O)OC(C)C3(O)C(=O)c3c(O)cccc3C4=O)C(=O)c3cccc(O)c3C(=O)C2(O)C(C)O1. The van der Waals surface area contributed by atoms with E-state index < -0.39 is 153 Å². The number of thioether (sulfide) groups is 1. The Morgan fingerprint density at radius 1 is 0.810 bits per heavy atom. The van der Waals surface area contributed by atoms with E-state index in [-0.39, 0.29) is 17.5 Å². The summed E-state index contributed by atoms with van der Waals surface area (Å²) in [6.45, 7) is 2.13. The molecule has 0 saturated carbocycles. The highest BCUT2D eigenvalue weighted by Gasteiger charge is 2.78. The van der Waals surface area contributed by atoms with Crippen molar-refractivity contribution in [2.45, 2.75) is 103 Å². The number of aliphatic hydroxyl groups excluding tert-OH is 2. The number of aliphatic hydroxyl groups is 4. The van der Waals surface area contributed by atoms with Crippen LogP contribution in [-0.2, 0) is 33.3 Å². The van der Waals surface area contributed by atoms with Crippen LogP contribution < -0.4 is 0 Å². The predicted molar refractivity (Wildman–Crippen MR) is 194 cm³/mol. The zero-order chi connectivity index (χ0) is 42.3. The minimum Gasteiger partial charge on any atom is -0.507 e. The lowest BCUT2D eigenvalue weighted by atomic mass is 9.63. The normalized spacial score (nSPS) is 36.7. The number of phenols is 2. The van der Waals surface area contributed by atoms with E-state index in [1.54, 1.807) is 0 Å². The average molecular weight is 829 g/mol. The van der Waals surface area contributed by atoms with Crippen LogP contribution in [0.15, 0.2) is 48.2 Å². The second kappa shape index (κ2) is 14.5. The summed E-state index contributed by atoms with van der Waals surface area (Å²) in [5, 5.41) is 77.4. The fourth-order valence-corrected chi connectivity index (χ4v) is 11.3. The van der Waals surface area contributed by atoms with Gasteiger partial charge in [-0.05, 0) is 51.3 Å². The van der Waals surface area contributed by atoms with Crippen LogP contribution in [0, 0.1) is 0 Å². The molecule has 58 heavy (non-hydrogen) atoms. The number of carboxylic acids is 1. The Labute approximate surface area is 333 Å². The fraction of sp³-hybridized carbons (Fsp3) is 0.487. The Balaban J connectivity index is 1.37. The maximum Gasteiger partial charge on any atom is 0.371 e. The molecule has 310 valence electrons. The lowest BCUT2D eigenvalue weighted by Gasteiger charge is -2.61.